The number of hydrogen-bond acceptors (Lipinski definition) is 7. The fraction of sp³-hybridized carbons (Fsp3) is 0.273. The van der Waals surface area contributed by atoms with Crippen molar-refractivity contribution in [1.29, 1.82) is 0 Å². The molecular weight excluding hydrogens is 386 g/mol. The van der Waals surface area contributed by atoms with Crippen LogP contribution < -0.4 is 19.6 Å². The molecule has 0 saturated heterocycles. The van der Waals surface area contributed by atoms with Gasteiger partial charge in [0, 0.05) is 10.9 Å². The number of thiazole rings is 1. The molecule has 1 aromatic heterocycles. The highest BCUT2D eigenvalue weighted by Gasteiger charge is 2.08. The summed E-state index contributed by atoms with van der Waals surface area (Å²) in [6.07, 6.45) is 1.82. The molecule has 152 valence electrons. The van der Waals surface area contributed by atoms with Crippen LogP contribution in [0.15, 0.2) is 52.9 Å². The molecule has 0 aliphatic rings. The molecular formula is C22H25N3O3S. The molecule has 0 fully saturated rings. The molecule has 0 saturated carbocycles. The predicted octanol–water partition coefficient (Wildman–Crippen LogP) is 5.45. The first-order valence-electron chi connectivity index (χ1n) is 9.41. The van der Waals surface area contributed by atoms with Crippen molar-refractivity contribution in [2.24, 2.45) is 5.10 Å². The Labute approximate surface area is 175 Å². The lowest BCUT2D eigenvalue weighted by Gasteiger charge is -2.14. The number of ether oxygens (including phenoxy) is 3. The Morgan fingerprint density at radius 1 is 1.14 bits per heavy atom. The standard InChI is InChI=1S/C22H25N3O3S/c1-5-27-21-12-16(6-11-20(21)28-15(2)3)13-23-25-22-24-19(14-29-22)17-7-9-18(26-4)10-8-17/h6-15H,5H2,1-4H3,(H,24,25)/b23-13-. The van der Waals surface area contributed by atoms with E-state index in [-0.39, 0.29) is 6.10 Å². The second-order valence-corrected chi connectivity index (χ2v) is 7.30. The van der Waals surface area contributed by atoms with Crippen LogP contribution >= 0.6 is 11.3 Å². The minimum atomic E-state index is 0.0835. The van der Waals surface area contributed by atoms with E-state index in [4.69, 9.17) is 14.2 Å². The second-order valence-electron chi connectivity index (χ2n) is 6.44. The van der Waals surface area contributed by atoms with Crippen LogP contribution in [0.25, 0.3) is 11.3 Å². The molecule has 29 heavy (non-hydrogen) atoms. The first-order valence-corrected chi connectivity index (χ1v) is 10.3. The highest BCUT2D eigenvalue weighted by molar-refractivity contribution is 7.14. The van der Waals surface area contributed by atoms with Gasteiger partial charge >= 0.3 is 0 Å². The molecule has 2 aromatic carbocycles. The second kappa shape index (κ2) is 9.93. The van der Waals surface area contributed by atoms with Gasteiger partial charge in [0.05, 0.1) is 31.7 Å². The van der Waals surface area contributed by atoms with Crippen LogP contribution in [-0.4, -0.2) is 31.0 Å². The van der Waals surface area contributed by atoms with E-state index in [0.717, 1.165) is 33.5 Å². The van der Waals surface area contributed by atoms with Crippen LogP contribution in [0.2, 0.25) is 0 Å². The third-order valence-corrected chi connectivity index (χ3v) is 4.64. The summed E-state index contributed by atoms with van der Waals surface area (Å²) in [7, 11) is 1.65. The third-order valence-electron chi connectivity index (χ3n) is 3.89. The number of hydrogen-bond donors (Lipinski definition) is 1. The Morgan fingerprint density at radius 2 is 1.93 bits per heavy atom. The zero-order valence-corrected chi connectivity index (χ0v) is 17.8. The van der Waals surface area contributed by atoms with Gasteiger partial charge < -0.3 is 14.2 Å². The van der Waals surface area contributed by atoms with E-state index < -0.39 is 0 Å². The number of nitrogens with one attached hydrogen (secondary N) is 1. The molecule has 7 heteroatoms. The molecule has 3 rings (SSSR count). The number of aromatic nitrogens is 1. The Morgan fingerprint density at radius 3 is 2.62 bits per heavy atom. The van der Waals surface area contributed by atoms with Crippen LogP contribution in [0, 0.1) is 0 Å². The molecule has 0 amide bonds. The van der Waals surface area contributed by atoms with Crippen LogP contribution in [0.5, 0.6) is 17.2 Å². The topological polar surface area (TPSA) is 65.0 Å². The monoisotopic (exact) mass is 411 g/mol. The van der Waals surface area contributed by atoms with Gasteiger partial charge in [-0.25, -0.2) is 4.98 Å². The highest BCUT2D eigenvalue weighted by atomic mass is 32.1. The lowest BCUT2D eigenvalue weighted by molar-refractivity contribution is 0.224. The molecule has 1 heterocycles. The largest absolute Gasteiger partial charge is 0.497 e. The van der Waals surface area contributed by atoms with E-state index in [9.17, 15) is 0 Å². The summed E-state index contributed by atoms with van der Waals surface area (Å²) in [6.45, 7) is 6.50. The van der Waals surface area contributed by atoms with Gasteiger partial charge in [0.2, 0.25) is 5.13 Å². The number of hydrazone groups is 1. The Bertz CT molecular complexity index is 952. The van der Waals surface area contributed by atoms with Crippen LogP contribution in [0.4, 0.5) is 5.13 Å². The maximum Gasteiger partial charge on any atom is 0.203 e. The molecule has 0 atom stereocenters. The van der Waals surface area contributed by atoms with Gasteiger partial charge in [-0.15, -0.1) is 11.3 Å². The summed E-state index contributed by atoms with van der Waals surface area (Å²) in [6, 6.07) is 13.6. The molecule has 0 radical (unpaired) electrons. The lowest BCUT2D eigenvalue weighted by Crippen LogP contribution is -2.07. The van der Waals surface area contributed by atoms with Crippen molar-refractivity contribution in [3.8, 4) is 28.5 Å². The zero-order valence-electron chi connectivity index (χ0n) is 17.0. The zero-order chi connectivity index (χ0) is 20.6. The lowest BCUT2D eigenvalue weighted by atomic mass is 10.2. The summed E-state index contributed by atoms with van der Waals surface area (Å²) in [5.74, 6) is 2.26. The predicted molar refractivity (Wildman–Crippen MR) is 119 cm³/mol. The van der Waals surface area contributed by atoms with Gasteiger partial charge in [-0.05, 0) is 68.8 Å². The fourth-order valence-corrected chi connectivity index (χ4v) is 3.27. The molecule has 6 nitrogen and oxygen atoms in total. The maximum absolute atomic E-state index is 5.78. The van der Waals surface area contributed by atoms with Crippen molar-refractivity contribution in [1.82, 2.24) is 4.98 Å². The Hall–Kier alpha value is -3.06. The maximum atomic E-state index is 5.78. The van der Waals surface area contributed by atoms with Crippen LogP contribution in [0.1, 0.15) is 26.3 Å². The normalized spacial score (nSPS) is 11.1. The Kier molecular flexibility index (Phi) is 7.08. The van der Waals surface area contributed by atoms with Crippen molar-refractivity contribution in [2.45, 2.75) is 26.9 Å². The number of rotatable bonds is 9. The number of nitrogens with zero attached hydrogens (tertiary/aromatic N) is 2. The highest BCUT2D eigenvalue weighted by Crippen LogP contribution is 2.29. The van der Waals surface area contributed by atoms with Gasteiger partial charge in [0.15, 0.2) is 11.5 Å². The average molecular weight is 412 g/mol. The minimum absolute atomic E-state index is 0.0835. The van der Waals surface area contributed by atoms with E-state index >= 15 is 0 Å². The molecule has 1 N–H and O–H groups in total. The fourth-order valence-electron chi connectivity index (χ4n) is 2.61. The molecule has 0 aliphatic carbocycles. The molecule has 0 unspecified atom stereocenters. The summed E-state index contributed by atoms with van der Waals surface area (Å²) in [5.41, 5.74) is 5.81. The van der Waals surface area contributed by atoms with Gasteiger partial charge in [0.1, 0.15) is 5.75 Å². The minimum Gasteiger partial charge on any atom is -0.497 e. The van der Waals surface area contributed by atoms with Crippen LogP contribution in [0.3, 0.4) is 0 Å². The molecule has 0 bridgehead atoms. The third kappa shape index (κ3) is 5.71. The summed E-state index contributed by atoms with van der Waals surface area (Å²) in [5, 5.41) is 7.00. The quantitative estimate of drug-likeness (QED) is 0.375. The summed E-state index contributed by atoms with van der Waals surface area (Å²) < 4.78 is 16.7. The summed E-state index contributed by atoms with van der Waals surface area (Å²) in [4.78, 5) is 4.57. The van der Waals surface area contributed by atoms with Crippen molar-refractivity contribution in [2.75, 3.05) is 19.1 Å². The number of benzene rings is 2. The van der Waals surface area contributed by atoms with Crippen molar-refractivity contribution in [3.63, 3.8) is 0 Å². The number of anilines is 1. The first kappa shape index (κ1) is 20.7. The van der Waals surface area contributed by atoms with E-state index in [1.54, 1.807) is 13.3 Å². The van der Waals surface area contributed by atoms with Gasteiger partial charge in [-0.2, -0.15) is 5.10 Å². The van der Waals surface area contributed by atoms with Gasteiger partial charge in [-0.3, -0.25) is 5.43 Å². The van der Waals surface area contributed by atoms with Crippen LogP contribution in [-0.2, 0) is 0 Å². The van der Waals surface area contributed by atoms with Crippen molar-refractivity contribution < 1.29 is 14.2 Å². The van der Waals surface area contributed by atoms with Gasteiger partial charge in [0.25, 0.3) is 0 Å². The van der Waals surface area contributed by atoms with E-state index in [2.05, 4.69) is 15.5 Å². The van der Waals surface area contributed by atoms with Gasteiger partial charge in [-0.1, -0.05) is 0 Å². The SMILES string of the molecule is CCOc1cc(/C=N\Nc2nc(-c3ccc(OC)cc3)cs2)ccc1OC(C)C. The Balaban J connectivity index is 1.66. The number of methoxy groups -OCH3 is 1. The molecule has 0 spiro atoms. The van der Waals surface area contributed by atoms with Crippen molar-refractivity contribution in [3.05, 3.63) is 53.4 Å². The smallest absolute Gasteiger partial charge is 0.203 e. The summed E-state index contributed by atoms with van der Waals surface area (Å²) >= 11 is 1.50. The van der Waals surface area contributed by atoms with E-state index in [1.165, 1.54) is 11.3 Å². The molecule has 0 aliphatic heterocycles. The van der Waals surface area contributed by atoms with Crippen molar-refractivity contribution >= 4 is 22.7 Å². The first-order chi connectivity index (χ1) is 14.1. The van der Waals surface area contributed by atoms with E-state index in [1.807, 2.05) is 68.6 Å². The average Bonchev–Trinajstić information content (AvgIpc) is 3.19. The molecule has 3 aromatic rings. The van der Waals surface area contributed by atoms with E-state index in [0.29, 0.717) is 12.4 Å².